The first-order valence-electron chi connectivity index (χ1n) is 5.87. The van der Waals surface area contributed by atoms with Gasteiger partial charge in [-0.2, -0.15) is 0 Å². The van der Waals surface area contributed by atoms with Crippen LogP contribution in [0, 0.1) is 0 Å². The molecular weight excluding hydrogens is 214 g/mol. The number of nitrogens with one attached hydrogen (secondary N) is 1. The maximum Gasteiger partial charge on any atom is 0.231 e. The fourth-order valence-corrected chi connectivity index (χ4v) is 2.42. The summed E-state index contributed by atoms with van der Waals surface area (Å²) in [4.78, 5) is 13.3. The summed E-state index contributed by atoms with van der Waals surface area (Å²) >= 11 is 0. The number of fused-ring (bicyclic) bond motifs is 1. The Morgan fingerprint density at radius 2 is 2.18 bits per heavy atom. The molecule has 0 radical (unpaired) electrons. The van der Waals surface area contributed by atoms with Gasteiger partial charge in [0, 0.05) is 24.8 Å². The zero-order valence-corrected chi connectivity index (χ0v) is 10.5. The highest BCUT2D eigenvalue weighted by molar-refractivity contribution is 6.00. The molecule has 2 unspecified atom stereocenters. The summed E-state index contributed by atoms with van der Waals surface area (Å²) in [7, 11) is 3.72. The Morgan fingerprint density at radius 1 is 1.47 bits per heavy atom. The smallest absolute Gasteiger partial charge is 0.231 e. The molecule has 0 spiro atoms. The molecule has 2 atom stereocenters. The third-order valence-electron chi connectivity index (χ3n) is 3.38. The fourth-order valence-electron chi connectivity index (χ4n) is 2.42. The summed E-state index contributed by atoms with van der Waals surface area (Å²) in [6.07, 6.45) is 0.495. The Bertz CT molecular complexity index is 442. The summed E-state index contributed by atoms with van der Waals surface area (Å²) in [5.74, 6) is 0.152. The molecule has 3 N–H and O–H groups in total. The van der Waals surface area contributed by atoms with Crippen molar-refractivity contribution in [2.75, 3.05) is 19.0 Å². The largest absolute Gasteiger partial charge is 0.326 e. The minimum absolute atomic E-state index is 0.0351. The summed E-state index contributed by atoms with van der Waals surface area (Å²) in [5.41, 5.74) is 9.19. The molecule has 1 aromatic rings. The van der Waals surface area contributed by atoms with Gasteiger partial charge in [-0.15, -0.1) is 0 Å². The molecule has 1 amide bonds. The highest BCUT2D eigenvalue weighted by atomic mass is 16.2. The van der Waals surface area contributed by atoms with Crippen molar-refractivity contribution in [1.82, 2.24) is 5.32 Å². The van der Waals surface area contributed by atoms with Crippen molar-refractivity contribution in [1.29, 1.82) is 0 Å². The second kappa shape index (κ2) is 4.47. The molecule has 0 bridgehead atoms. The first kappa shape index (κ1) is 12.1. The first-order valence-corrected chi connectivity index (χ1v) is 5.87. The Balaban J connectivity index is 2.35. The van der Waals surface area contributed by atoms with Crippen molar-refractivity contribution >= 4 is 11.6 Å². The molecule has 4 heteroatoms. The van der Waals surface area contributed by atoms with Crippen LogP contribution in [0.25, 0.3) is 0 Å². The number of hydrogen-bond acceptors (Lipinski definition) is 3. The van der Waals surface area contributed by atoms with Gasteiger partial charge < -0.3 is 16.0 Å². The lowest BCUT2D eigenvalue weighted by Gasteiger charge is -2.21. The highest BCUT2D eigenvalue weighted by Gasteiger charge is 2.25. The number of nitrogens with two attached hydrogens (primary N) is 1. The third-order valence-corrected chi connectivity index (χ3v) is 3.38. The van der Waals surface area contributed by atoms with Crippen molar-refractivity contribution < 1.29 is 4.79 Å². The third kappa shape index (κ3) is 2.06. The van der Waals surface area contributed by atoms with Crippen molar-refractivity contribution in [3.8, 4) is 0 Å². The number of carbonyl (C=O) groups excluding carboxylic acids is 1. The van der Waals surface area contributed by atoms with Crippen LogP contribution in [-0.4, -0.2) is 26.0 Å². The number of hydrogen-bond donors (Lipinski definition) is 2. The van der Waals surface area contributed by atoms with Gasteiger partial charge in [0.05, 0.1) is 6.42 Å². The van der Waals surface area contributed by atoms with E-state index in [9.17, 15) is 4.79 Å². The number of rotatable bonds is 3. The lowest BCUT2D eigenvalue weighted by atomic mass is 9.98. The van der Waals surface area contributed by atoms with Gasteiger partial charge in [-0.1, -0.05) is 12.1 Å². The number of carbonyl (C=O) groups is 1. The van der Waals surface area contributed by atoms with E-state index in [-0.39, 0.29) is 18.0 Å². The summed E-state index contributed by atoms with van der Waals surface area (Å²) in [6, 6.07) is 6.29. The quantitative estimate of drug-likeness (QED) is 0.812. The number of likely N-dealkylation sites (N-methyl/N-ethyl adjacent to an activating group) is 2. The normalized spacial score (nSPS) is 18.1. The van der Waals surface area contributed by atoms with E-state index in [1.165, 1.54) is 0 Å². The van der Waals surface area contributed by atoms with Crippen LogP contribution in [0.5, 0.6) is 0 Å². The van der Waals surface area contributed by atoms with Crippen LogP contribution in [-0.2, 0) is 11.2 Å². The summed E-state index contributed by atoms with van der Waals surface area (Å²) in [6.45, 7) is 1.98. The lowest BCUT2D eigenvalue weighted by molar-refractivity contribution is -0.117. The molecule has 0 saturated carbocycles. The van der Waals surface area contributed by atoms with Crippen LogP contribution in [0.3, 0.4) is 0 Å². The predicted octanol–water partition coefficient (Wildman–Crippen LogP) is 0.813. The molecule has 1 aliphatic heterocycles. The molecule has 0 aromatic heterocycles. The van der Waals surface area contributed by atoms with Crippen LogP contribution >= 0.6 is 0 Å². The standard InChI is InChI=1S/C13H19N3O/c1-8(14)13(15-2)9-4-5-11-10(6-9)7-12(17)16(11)3/h4-6,8,13,15H,7,14H2,1-3H3. The molecule has 1 heterocycles. The van der Waals surface area contributed by atoms with Gasteiger partial charge in [-0.25, -0.2) is 0 Å². The van der Waals surface area contributed by atoms with E-state index in [0.29, 0.717) is 6.42 Å². The molecule has 17 heavy (non-hydrogen) atoms. The zero-order valence-electron chi connectivity index (χ0n) is 10.5. The van der Waals surface area contributed by atoms with Crippen LogP contribution in [0.2, 0.25) is 0 Å². The Morgan fingerprint density at radius 3 is 2.76 bits per heavy atom. The SMILES string of the molecule is CNC(c1ccc2c(c1)CC(=O)N2C)C(C)N. The van der Waals surface area contributed by atoms with E-state index in [0.717, 1.165) is 16.8 Å². The predicted molar refractivity (Wildman–Crippen MR) is 69.0 cm³/mol. The van der Waals surface area contributed by atoms with Crippen molar-refractivity contribution in [3.05, 3.63) is 29.3 Å². The van der Waals surface area contributed by atoms with E-state index in [2.05, 4.69) is 11.4 Å². The molecule has 0 fully saturated rings. The second-order valence-corrected chi connectivity index (χ2v) is 4.64. The molecule has 1 aromatic carbocycles. The number of benzene rings is 1. The van der Waals surface area contributed by atoms with E-state index >= 15 is 0 Å². The maximum atomic E-state index is 11.6. The fraction of sp³-hybridized carbons (Fsp3) is 0.462. The van der Waals surface area contributed by atoms with E-state index in [1.807, 2.05) is 33.2 Å². The van der Waals surface area contributed by atoms with E-state index in [4.69, 9.17) is 5.73 Å². The molecule has 92 valence electrons. The van der Waals surface area contributed by atoms with Gasteiger partial charge in [0.25, 0.3) is 0 Å². The topological polar surface area (TPSA) is 58.4 Å². The van der Waals surface area contributed by atoms with Crippen molar-refractivity contribution in [2.24, 2.45) is 5.73 Å². The van der Waals surface area contributed by atoms with E-state index in [1.54, 1.807) is 4.90 Å². The minimum Gasteiger partial charge on any atom is -0.326 e. The Kier molecular flexibility index (Phi) is 3.17. The molecule has 4 nitrogen and oxygen atoms in total. The summed E-state index contributed by atoms with van der Waals surface area (Å²) in [5, 5.41) is 3.21. The summed E-state index contributed by atoms with van der Waals surface area (Å²) < 4.78 is 0. The monoisotopic (exact) mass is 233 g/mol. The Labute approximate surface area is 102 Å². The first-order chi connectivity index (χ1) is 8.04. The maximum absolute atomic E-state index is 11.6. The molecule has 0 aliphatic carbocycles. The van der Waals surface area contributed by atoms with Gasteiger partial charge in [-0.3, -0.25) is 4.79 Å². The lowest BCUT2D eigenvalue weighted by Crippen LogP contribution is -2.33. The average Bonchev–Trinajstić information content (AvgIpc) is 2.55. The van der Waals surface area contributed by atoms with Crippen LogP contribution in [0.4, 0.5) is 5.69 Å². The molecule has 2 rings (SSSR count). The highest BCUT2D eigenvalue weighted by Crippen LogP contribution is 2.30. The van der Waals surface area contributed by atoms with Gasteiger partial charge in [0.2, 0.25) is 5.91 Å². The van der Waals surface area contributed by atoms with Gasteiger partial charge in [0.15, 0.2) is 0 Å². The van der Waals surface area contributed by atoms with E-state index < -0.39 is 0 Å². The van der Waals surface area contributed by atoms with Gasteiger partial charge >= 0.3 is 0 Å². The van der Waals surface area contributed by atoms with Crippen LogP contribution in [0.1, 0.15) is 24.1 Å². The van der Waals surface area contributed by atoms with Crippen molar-refractivity contribution in [3.63, 3.8) is 0 Å². The average molecular weight is 233 g/mol. The van der Waals surface area contributed by atoms with Crippen LogP contribution in [0.15, 0.2) is 18.2 Å². The number of anilines is 1. The minimum atomic E-state index is 0.0351. The van der Waals surface area contributed by atoms with Gasteiger partial charge in [-0.05, 0) is 31.2 Å². The number of nitrogens with zero attached hydrogens (tertiary/aromatic N) is 1. The molecular formula is C13H19N3O. The second-order valence-electron chi connectivity index (χ2n) is 4.64. The van der Waals surface area contributed by atoms with Gasteiger partial charge in [0.1, 0.15) is 0 Å². The zero-order chi connectivity index (χ0) is 12.6. The number of amides is 1. The Hall–Kier alpha value is -1.39. The van der Waals surface area contributed by atoms with Crippen molar-refractivity contribution in [2.45, 2.75) is 25.4 Å². The molecule has 1 aliphatic rings. The molecule has 0 saturated heterocycles. The van der Waals surface area contributed by atoms with Crippen LogP contribution < -0.4 is 16.0 Å².